The topological polar surface area (TPSA) is 80.6 Å². The third-order valence-electron chi connectivity index (χ3n) is 7.24. The van der Waals surface area contributed by atoms with Crippen molar-refractivity contribution in [3.05, 3.63) is 58.8 Å². The van der Waals surface area contributed by atoms with E-state index in [9.17, 15) is 13.6 Å². The van der Waals surface area contributed by atoms with Gasteiger partial charge in [0.15, 0.2) is 11.5 Å². The zero-order valence-corrected chi connectivity index (χ0v) is 19.2. The van der Waals surface area contributed by atoms with Gasteiger partial charge in [0.1, 0.15) is 18.2 Å². The fourth-order valence-corrected chi connectivity index (χ4v) is 5.30. The van der Waals surface area contributed by atoms with Gasteiger partial charge in [-0.3, -0.25) is 9.69 Å². The van der Waals surface area contributed by atoms with E-state index in [-0.39, 0.29) is 6.04 Å². The Morgan fingerprint density at radius 1 is 1.26 bits per heavy atom. The summed E-state index contributed by atoms with van der Waals surface area (Å²) in [6.45, 7) is 1.33. The number of H-pyrrole nitrogens is 1. The largest absolute Gasteiger partial charge is 0.493 e. The summed E-state index contributed by atoms with van der Waals surface area (Å²) in [5.41, 5.74) is 8.17. The van der Waals surface area contributed by atoms with Crippen molar-refractivity contribution in [1.29, 1.82) is 0 Å². The molecule has 1 aliphatic heterocycles. The minimum atomic E-state index is -0.573. The third kappa shape index (κ3) is 4.11. The number of aryl methyl sites for hydroxylation is 1. The van der Waals surface area contributed by atoms with E-state index in [0.29, 0.717) is 53.5 Å². The van der Waals surface area contributed by atoms with Gasteiger partial charge in [-0.2, -0.15) is 0 Å². The smallest absolute Gasteiger partial charge is 0.249 e. The number of fused-ring (bicyclic) bond motifs is 2. The molecule has 1 fully saturated rings. The minimum absolute atomic E-state index is 0.112. The van der Waals surface area contributed by atoms with Crippen molar-refractivity contribution in [2.45, 2.75) is 50.6 Å². The van der Waals surface area contributed by atoms with Gasteiger partial charge in [-0.15, -0.1) is 0 Å². The first-order chi connectivity index (χ1) is 16.5. The number of nitrogens with zero attached hydrogens (tertiary/aromatic N) is 1. The number of aromatic nitrogens is 1. The molecule has 2 heterocycles. The maximum absolute atomic E-state index is 14.0. The van der Waals surface area contributed by atoms with Crippen LogP contribution in [0.4, 0.5) is 8.78 Å². The maximum Gasteiger partial charge on any atom is 0.249 e. The van der Waals surface area contributed by atoms with Crippen molar-refractivity contribution in [2.24, 2.45) is 5.73 Å². The zero-order valence-electron chi connectivity index (χ0n) is 19.2. The summed E-state index contributed by atoms with van der Waals surface area (Å²) in [7, 11) is 1.58. The van der Waals surface area contributed by atoms with Crippen LogP contribution < -0.4 is 15.2 Å². The molecule has 0 radical (unpaired) electrons. The van der Waals surface area contributed by atoms with Crippen LogP contribution in [-0.4, -0.2) is 48.1 Å². The second-order valence-corrected chi connectivity index (χ2v) is 9.21. The number of methoxy groups -OCH3 is 1. The van der Waals surface area contributed by atoms with Gasteiger partial charge in [0, 0.05) is 40.9 Å². The molecule has 3 N–H and O–H groups in total. The molecule has 1 amide bonds. The summed E-state index contributed by atoms with van der Waals surface area (Å²) in [6.07, 6.45) is 7.44. The highest BCUT2D eigenvalue weighted by Crippen LogP contribution is 2.39. The van der Waals surface area contributed by atoms with Crippen LogP contribution in [-0.2, 0) is 12.8 Å². The molecular weight excluding hydrogens is 440 g/mol. The van der Waals surface area contributed by atoms with Gasteiger partial charge in [-0.05, 0) is 62.4 Å². The number of ether oxygens (including phenoxy) is 2. The third-order valence-corrected chi connectivity index (χ3v) is 7.24. The zero-order chi connectivity index (χ0) is 23.8. The molecule has 2 aromatic carbocycles. The standard InChI is InChI=1S/C26H29F2N3O3/c1-33-23-8-7-19(26(29)32)21-12-18(14-34-25(21)23)31(17-5-2-6-17)9-3-4-15-13-30-24-20(15)10-16(27)11-22(24)28/h7-8,10-11,13,17-18,30H,2-6,9,12,14H2,1H3,(H2,29,32). The van der Waals surface area contributed by atoms with E-state index in [0.717, 1.165) is 43.0 Å². The van der Waals surface area contributed by atoms with E-state index in [1.807, 2.05) is 0 Å². The van der Waals surface area contributed by atoms with Crippen molar-refractivity contribution in [3.8, 4) is 11.5 Å². The monoisotopic (exact) mass is 469 g/mol. The number of halogens is 2. The predicted octanol–water partition coefficient (Wildman–Crippen LogP) is 4.34. The number of nitrogens with two attached hydrogens (primary N) is 1. The molecule has 180 valence electrons. The average molecular weight is 470 g/mol. The molecule has 1 aliphatic carbocycles. The van der Waals surface area contributed by atoms with E-state index in [4.69, 9.17) is 15.2 Å². The number of carbonyl (C=O) groups is 1. The van der Waals surface area contributed by atoms with Gasteiger partial charge in [0.25, 0.3) is 0 Å². The van der Waals surface area contributed by atoms with Gasteiger partial charge < -0.3 is 20.2 Å². The first kappa shape index (κ1) is 22.7. The first-order valence-electron chi connectivity index (χ1n) is 11.8. The second-order valence-electron chi connectivity index (χ2n) is 9.21. The fourth-order valence-electron chi connectivity index (χ4n) is 5.30. The van der Waals surface area contributed by atoms with Crippen molar-refractivity contribution < 1.29 is 23.0 Å². The highest BCUT2D eigenvalue weighted by atomic mass is 19.1. The van der Waals surface area contributed by atoms with Crippen molar-refractivity contribution in [1.82, 2.24) is 9.88 Å². The molecule has 6 nitrogen and oxygen atoms in total. The summed E-state index contributed by atoms with van der Waals surface area (Å²) in [4.78, 5) is 17.5. The molecule has 0 spiro atoms. The number of amides is 1. The van der Waals surface area contributed by atoms with Gasteiger partial charge >= 0.3 is 0 Å². The molecule has 1 aromatic heterocycles. The lowest BCUT2D eigenvalue weighted by molar-refractivity contribution is 0.0426. The molecule has 5 rings (SSSR count). The number of primary amides is 1. The molecule has 2 aliphatic rings. The molecule has 8 heteroatoms. The number of rotatable bonds is 8. The van der Waals surface area contributed by atoms with E-state index < -0.39 is 17.5 Å². The first-order valence-corrected chi connectivity index (χ1v) is 11.8. The van der Waals surface area contributed by atoms with Gasteiger partial charge in [0.05, 0.1) is 12.6 Å². The van der Waals surface area contributed by atoms with Crippen LogP contribution in [0.3, 0.4) is 0 Å². The Bertz CT molecular complexity index is 1220. The Labute approximate surface area is 197 Å². The Hall–Kier alpha value is -3.13. The molecule has 0 saturated heterocycles. The lowest BCUT2D eigenvalue weighted by atomic mass is 9.87. The molecular formula is C26H29F2N3O3. The maximum atomic E-state index is 14.0. The highest BCUT2D eigenvalue weighted by molar-refractivity contribution is 5.95. The van der Waals surface area contributed by atoms with Crippen LogP contribution in [0, 0.1) is 11.6 Å². The Morgan fingerprint density at radius 2 is 2.09 bits per heavy atom. The number of benzene rings is 2. The van der Waals surface area contributed by atoms with Crippen LogP contribution in [0.15, 0.2) is 30.5 Å². The Morgan fingerprint density at radius 3 is 2.79 bits per heavy atom. The molecule has 1 unspecified atom stereocenters. The number of aromatic amines is 1. The highest BCUT2D eigenvalue weighted by Gasteiger charge is 2.35. The number of hydrogen-bond donors (Lipinski definition) is 2. The van der Waals surface area contributed by atoms with Crippen LogP contribution in [0.25, 0.3) is 10.9 Å². The van der Waals surface area contributed by atoms with E-state index in [1.54, 1.807) is 25.4 Å². The minimum Gasteiger partial charge on any atom is -0.493 e. The molecule has 34 heavy (non-hydrogen) atoms. The van der Waals surface area contributed by atoms with Crippen LogP contribution in [0.5, 0.6) is 11.5 Å². The summed E-state index contributed by atoms with van der Waals surface area (Å²) in [5.74, 6) is -0.409. The predicted molar refractivity (Wildman–Crippen MR) is 125 cm³/mol. The lowest BCUT2D eigenvalue weighted by Gasteiger charge is -2.44. The van der Waals surface area contributed by atoms with Crippen LogP contribution in [0.1, 0.15) is 47.2 Å². The molecule has 0 bridgehead atoms. The average Bonchev–Trinajstić information content (AvgIpc) is 3.18. The molecule has 1 atom stereocenters. The molecule has 1 saturated carbocycles. The summed E-state index contributed by atoms with van der Waals surface area (Å²) >= 11 is 0. The van der Waals surface area contributed by atoms with E-state index in [2.05, 4.69) is 9.88 Å². The van der Waals surface area contributed by atoms with Gasteiger partial charge in [-0.1, -0.05) is 6.42 Å². The Balaban J connectivity index is 1.33. The molecule has 3 aromatic rings. The van der Waals surface area contributed by atoms with Crippen LogP contribution >= 0.6 is 0 Å². The quantitative estimate of drug-likeness (QED) is 0.514. The van der Waals surface area contributed by atoms with E-state index >= 15 is 0 Å². The summed E-state index contributed by atoms with van der Waals surface area (Å²) in [6, 6.07) is 6.29. The van der Waals surface area contributed by atoms with Crippen LogP contribution in [0.2, 0.25) is 0 Å². The van der Waals surface area contributed by atoms with Crippen molar-refractivity contribution in [3.63, 3.8) is 0 Å². The van der Waals surface area contributed by atoms with Gasteiger partial charge in [-0.25, -0.2) is 8.78 Å². The lowest BCUT2D eigenvalue weighted by Crippen LogP contribution is -2.51. The second kappa shape index (κ2) is 9.25. The van der Waals surface area contributed by atoms with Crippen molar-refractivity contribution >= 4 is 16.8 Å². The van der Waals surface area contributed by atoms with Crippen molar-refractivity contribution in [2.75, 3.05) is 20.3 Å². The van der Waals surface area contributed by atoms with Gasteiger partial charge in [0.2, 0.25) is 5.91 Å². The van der Waals surface area contributed by atoms with E-state index in [1.165, 1.54) is 12.5 Å². The fraction of sp³-hybridized carbons (Fsp3) is 0.423. The summed E-state index contributed by atoms with van der Waals surface area (Å²) in [5, 5.41) is 0.598. The Kier molecular flexibility index (Phi) is 6.16. The number of nitrogens with one attached hydrogen (secondary N) is 1. The number of carbonyl (C=O) groups excluding carboxylic acids is 1. The normalized spacial score (nSPS) is 17.9. The summed E-state index contributed by atoms with van der Waals surface area (Å²) < 4.78 is 39.4. The number of hydrogen-bond acceptors (Lipinski definition) is 4. The SMILES string of the molecule is COc1ccc(C(N)=O)c2c1OCC(N(CCCc1c[nH]c3c(F)cc(F)cc13)C1CCC1)C2.